The predicted molar refractivity (Wildman–Crippen MR) is 92.7 cm³/mol. The molecule has 0 aliphatic carbocycles. The number of benzene rings is 2. The third kappa shape index (κ3) is 3.83. The Kier molecular flexibility index (Phi) is 4.75. The summed E-state index contributed by atoms with van der Waals surface area (Å²) in [6.07, 6.45) is 1.74. The summed E-state index contributed by atoms with van der Waals surface area (Å²) in [6, 6.07) is 12.3. The standard InChI is InChI=1S/C16H12FN5O2S/c17-13-7-5-11(6-8-13)9-15-19-20-16(25)21(15)18-10-12-3-1-2-4-14(12)22(23)24/h1-8,10H,9H2,(H,20,25)/b18-10-. The SMILES string of the molecule is O=[N+]([O-])c1ccccc1/C=N\n1c(Cc2ccc(F)cc2)n[nH]c1=S. The van der Waals surface area contributed by atoms with Crippen LogP contribution in [0.25, 0.3) is 0 Å². The Morgan fingerprint density at radius 2 is 2.00 bits per heavy atom. The molecular formula is C16H12FN5O2S. The molecule has 2 aromatic carbocycles. The zero-order chi connectivity index (χ0) is 17.8. The fourth-order valence-electron chi connectivity index (χ4n) is 2.23. The van der Waals surface area contributed by atoms with Crippen LogP contribution in [0, 0.1) is 20.7 Å². The van der Waals surface area contributed by atoms with E-state index in [4.69, 9.17) is 12.2 Å². The van der Waals surface area contributed by atoms with Crippen LogP contribution in [0.4, 0.5) is 10.1 Å². The quantitative estimate of drug-likeness (QED) is 0.328. The first-order valence-electron chi connectivity index (χ1n) is 7.23. The van der Waals surface area contributed by atoms with Crippen molar-refractivity contribution in [3.63, 3.8) is 0 Å². The number of hydrogen-bond acceptors (Lipinski definition) is 5. The maximum atomic E-state index is 13.0. The van der Waals surface area contributed by atoms with Crippen molar-refractivity contribution < 1.29 is 9.31 Å². The summed E-state index contributed by atoms with van der Waals surface area (Å²) in [5, 5.41) is 22.0. The Hall–Kier alpha value is -3.20. The third-order valence-electron chi connectivity index (χ3n) is 3.44. The van der Waals surface area contributed by atoms with Gasteiger partial charge in [-0.15, -0.1) is 0 Å². The largest absolute Gasteiger partial charge is 0.278 e. The zero-order valence-electron chi connectivity index (χ0n) is 12.8. The minimum atomic E-state index is -0.477. The molecule has 1 heterocycles. The Bertz CT molecular complexity index is 994. The van der Waals surface area contributed by atoms with Gasteiger partial charge in [0, 0.05) is 12.5 Å². The van der Waals surface area contributed by atoms with Crippen molar-refractivity contribution in [3.8, 4) is 0 Å². The van der Waals surface area contributed by atoms with E-state index >= 15 is 0 Å². The van der Waals surface area contributed by atoms with Crippen molar-refractivity contribution >= 4 is 24.1 Å². The molecule has 25 heavy (non-hydrogen) atoms. The van der Waals surface area contributed by atoms with Gasteiger partial charge < -0.3 is 0 Å². The lowest BCUT2D eigenvalue weighted by Crippen LogP contribution is -2.01. The van der Waals surface area contributed by atoms with E-state index in [1.807, 2.05) is 0 Å². The average molecular weight is 357 g/mol. The van der Waals surface area contributed by atoms with Crippen LogP contribution in [0.1, 0.15) is 17.0 Å². The highest BCUT2D eigenvalue weighted by Crippen LogP contribution is 2.16. The number of nitrogens with zero attached hydrogens (tertiary/aromatic N) is 4. The molecule has 0 aliphatic rings. The van der Waals surface area contributed by atoms with Gasteiger partial charge in [0.05, 0.1) is 16.7 Å². The minimum absolute atomic E-state index is 0.0543. The zero-order valence-corrected chi connectivity index (χ0v) is 13.6. The van der Waals surface area contributed by atoms with Crippen LogP contribution in [-0.4, -0.2) is 26.0 Å². The Labute approximate surface area is 146 Å². The highest BCUT2D eigenvalue weighted by Gasteiger charge is 2.11. The van der Waals surface area contributed by atoms with Crippen LogP contribution in [0.5, 0.6) is 0 Å². The first kappa shape index (κ1) is 16.7. The van der Waals surface area contributed by atoms with Gasteiger partial charge in [-0.3, -0.25) is 15.2 Å². The molecule has 3 aromatic rings. The average Bonchev–Trinajstić information content (AvgIpc) is 2.95. The summed E-state index contributed by atoms with van der Waals surface area (Å²) in [5.41, 5.74) is 1.13. The first-order valence-corrected chi connectivity index (χ1v) is 7.64. The molecule has 0 aliphatic heterocycles. The van der Waals surface area contributed by atoms with Gasteiger partial charge in [-0.05, 0) is 36.0 Å². The van der Waals surface area contributed by atoms with Gasteiger partial charge in [0.2, 0.25) is 4.77 Å². The van der Waals surface area contributed by atoms with E-state index in [0.717, 1.165) is 5.56 Å². The van der Waals surface area contributed by atoms with Crippen LogP contribution >= 0.6 is 12.2 Å². The lowest BCUT2D eigenvalue weighted by atomic mass is 10.1. The molecule has 0 unspecified atom stereocenters. The molecule has 0 saturated heterocycles. The normalized spacial score (nSPS) is 11.1. The molecule has 1 aromatic heterocycles. The number of aromatic amines is 1. The van der Waals surface area contributed by atoms with Gasteiger partial charge in [0.15, 0.2) is 5.82 Å². The number of hydrogen-bond donors (Lipinski definition) is 1. The fourth-order valence-corrected chi connectivity index (χ4v) is 2.42. The predicted octanol–water partition coefficient (Wildman–Crippen LogP) is 3.46. The summed E-state index contributed by atoms with van der Waals surface area (Å²) in [4.78, 5) is 10.6. The molecule has 1 N–H and O–H groups in total. The molecule has 0 amide bonds. The van der Waals surface area contributed by atoms with Gasteiger partial charge in [-0.2, -0.15) is 14.9 Å². The van der Waals surface area contributed by atoms with Crippen LogP contribution in [0.15, 0.2) is 53.6 Å². The molecule has 7 nitrogen and oxygen atoms in total. The molecule has 3 rings (SSSR count). The van der Waals surface area contributed by atoms with Crippen molar-refractivity contribution in [2.24, 2.45) is 5.10 Å². The maximum absolute atomic E-state index is 13.0. The van der Waals surface area contributed by atoms with Gasteiger partial charge in [0.1, 0.15) is 5.82 Å². The van der Waals surface area contributed by atoms with E-state index in [-0.39, 0.29) is 16.3 Å². The molecule has 0 spiro atoms. The first-order chi connectivity index (χ1) is 12.0. The molecule has 126 valence electrons. The van der Waals surface area contributed by atoms with Gasteiger partial charge in [-0.25, -0.2) is 4.39 Å². The van der Waals surface area contributed by atoms with Crippen LogP contribution in [0.2, 0.25) is 0 Å². The summed E-state index contributed by atoms with van der Waals surface area (Å²) < 4.78 is 14.6. The van der Waals surface area contributed by atoms with E-state index in [1.54, 1.807) is 30.3 Å². The molecule has 0 fully saturated rings. The number of para-hydroxylation sites is 1. The minimum Gasteiger partial charge on any atom is -0.258 e. The maximum Gasteiger partial charge on any atom is 0.278 e. The Balaban J connectivity index is 1.91. The Morgan fingerprint density at radius 3 is 2.72 bits per heavy atom. The van der Waals surface area contributed by atoms with Crippen molar-refractivity contribution in [2.45, 2.75) is 6.42 Å². The number of nitro groups is 1. The second-order valence-corrected chi connectivity index (χ2v) is 5.51. The number of rotatable bonds is 5. The summed E-state index contributed by atoms with van der Waals surface area (Å²) in [6.45, 7) is 0. The number of nitro benzene ring substituents is 1. The highest BCUT2D eigenvalue weighted by atomic mass is 32.1. The molecule has 0 bridgehead atoms. The van der Waals surface area contributed by atoms with E-state index in [0.29, 0.717) is 17.8 Å². The molecule has 0 saturated carbocycles. The summed E-state index contributed by atoms with van der Waals surface area (Å²) >= 11 is 5.15. The van der Waals surface area contributed by atoms with E-state index in [1.165, 1.54) is 29.1 Å². The van der Waals surface area contributed by atoms with E-state index in [2.05, 4.69) is 15.3 Å². The van der Waals surface area contributed by atoms with E-state index < -0.39 is 4.92 Å². The Morgan fingerprint density at radius 1 is 1.28 bits per heavy atom. The van der Waals surface area contributed by atoms with Crippen molar-refractivity contribution in [3.05, 3.63) is 86.2 Å². The fraction of sp³-hybridized carbons (Fsp3) is 0.0625. The number of H-pyrrole nitrogens is 1. The lowest BCUT2D eigenvalue weighted by Gasteiger charge is -2.02. The topological polar surface area (TPSA) is 89.1 Å². The van der Waals surface area contributed by atoms with Crippen LogP contribution in [-0.2, 0) is 6.42 Å². The van der Waals surface area contributed by atoms with Crippen LogP contribution in [0.3, 0.4) is 0 Å². The van der Waals surface area contributed by atoms with Gasteiger partial charge >= 0.3 is 0 Å². The molecule has 0 radical (unpaired) electrons. The number of aromatic nitrogens is 3. The molecular weight excluding hydrogens is 345 g/mol. The number of halogens is 1. The van der Waals surface area contributed by atoms with Gasteiger partial charge in [0.25, 0.3) is 5.69 Å². The summed E-state index contributed by atoms with van der Waals surface area (Å²) in [7, 11) is 0. The highest BCUT2D eigenvalue weighted by molar-refractivity contribution is 7.71. The number of nitrogens with one attached hydrogen (secondary N) is 1. The van der Waals surface area contributed by atoms with Crippen molar-refractivity contribution in [2.75, 3.05) is 0 Å². The van der Waals surface area contributed by atoms with Crippen molar-refractivity contribution in [1.29, 1.82) is 0 Å². The van der Waals surface area contributed by atoms with Gasteiger partial charge in [-0.1, -0.05) is 24.3 Å². The smallest absolute Gasteiger partial charge is 0.258 e. The monoisotopic (exact) mass is 357 g/mol. The van der Waals surface area contributed by atoms with Crippen molar-refractivity contribution in [1.82, 2.24) is 14.9 Å². The summed E-state index contributed by atoms with van der Waals surface area (Å²) in [5.74, 6) is 0.184. The lowest BCUT2D eigenvalue weighted by molar-refractivity contribution is -0.385. The molecule has 9 heteroatoms. The second-order valence-electron chi connectivity index (χ2n) is 5.12. The molecule has 0 atom stereocenters. The third-order valence-corrected chi connectivity index (χ3v) is 3.70. The second kappa shape index (κ2) is 7.14. The van der Waals surface area contributed by atoms with E-state index in [9.17, 15) is 14.5 Å². The van der Waals surface area contributed by atoms with Crippen LogP contribution < -0.4 is 0 Å².